The van der Waals surface area contributed by atoms with Gasteiger partial charge in [0.25, 0.3) is 0 Å². The van der Waals surface area contributed by atoms with Gasteiger partial charge in [-0.2, -0.15) is 0 Å². The summed E-state index contributed by atoms with van der Waals surface area (Å²) in [6.07, 6.45) is 6.51. The van der Waals surface area contributed by atoms with Gasteiger partial charge in [0.15, 0.2) is 5.82 Å². The molecule has 16 heavy (non-hydrogen) atoms. The summed E-state index contributed by atoms with van der Waals surface area (Å²) in [6, 6.07) is 0. The van der Waals surface area contributed by atoms with Crippen LogP contribution in [0.25, 0.3) is 0 Å². The first-order valence-electron chi connectivity index (χ1n) is 4.61. The van der Waals surface area contributed by atoms with Gasteiger partial charge < -0.3 is 11.1 Å². The Balaban J connectivity index is 2.51. The van der Waals surface area contributed by atoms with Crippen molar-refractivity contribution in [2.75, 3.05) is 0 Å². The molecule has 82 valence electrons. The standard InChI is InChI=1S/C10H10N4OS/c11-6-4-7(12)9(8(16)5-6)10-13-2-1-3-14(10)15/h1-4,12,15H,5,11H2. The number of nitrogens with one attached hydrogen (secondary N) is 1. The predicted molar refractivity (Wildman–Crippen MR) is 65.5 cm³/mol. The molecule has 0 unspecified atom stereocenters. The minimum atomic E-state index is 0.176. The summed E-state index contributed by atoms with van der Waals surface area (Å²) in [5.41, 5.74) is 6.81. The third-order valence-electron chi connectivity index (χ3n) is 2.19. The van der Waals surface area contributed by atoms with Gasteiger partial charge in [0.05, 0.1) is 11.3 Å². The lowest BCUT2D eigenvalue weighted by Crippen LogP contribution is -2.25. The van der Waals surface area contributed by atoms with E-state index in [0.717, 1.165) is 5.06 Å². The Bertz CT molecular complexity index is 487. The van der Waals surface area contributed by atoms with Crippen molar-refractivity contribution >= 4 is 29.0 Å². The monoisotopic (exact) mass is 234 g/mol. The minimum Gasteiger partial charge on any atom is -0.402 e. The number of nitrogens with zero attached hydrogens (tertiary/aromatic N) is 2. The number of hydroxylamine groups is 2. The summed E-state index contributed by atoms with van der Waals surface area (Å²) in [4.78, 5) is 4.53. The first-order chi connectivity index (χ1) is 7.59. The zero-order valence-electron chi connectivity index (χ0n) is 8.34. The van der Waals surface area contributed by atoms with Gasteiger partial charge in [-0.15, -0.1) is 0 Å². The molecule has 5 nitrogen and oxygen atoms in total. The lowest BCUT2D eigenvalue weighted by molar-refractivity contribution is -0.00592. The lowest BCUT2D eigenvalue weighted by atomic mass is 9.96. The summed E-state index contributed by atoms with van der Waals surface area (Å²) >= 11 is 5.16. The fraction of sp³-hybridized carbons (Fsp3) is 0.100. The van der Waals surface area contributed by atoms with E-state index in [-0.39, 0.29) is 11.5 Å². The maximum absolute atomic E-state index is 9.59. The van der Waals surface area contributed by atoms with Gasteiger partial charge in [-0.25, -0.2) is 10.1 Å². The van der Waals surface area contributed by atoms with Crippen LogP contribution < -0.4 is 5.73 Å². The summed E-state index contributed by atoms with van der Waals surface area (Å²) in [5, 5.41) is 18.2. The number of nitrogens with two attached hydrogens (primary N) is 1. The Morgan fingerprint density at radius 2 is 2.31 bits per heavy atom. The highest BCUT2D eigenvalue weighted by Gasteiger charge is 2.23. The molecule has 0 amide bonds. The Kier molecular flexibility index (Phi) is 2.67. The largest absolute Gasteiger partial charge is 0.402 e. The van der Waals surface area contributed by atoms with Gasteiger partial charge >= 0.3 is 0 Å². The molecule has 0 fully saturated rings. The second-order valence-corrected chi connectivity index (χ2v) is 3.89. The van der Waals surface area contributed by atoms with E-state index in [1.807, 2.05) is 0 Å². The van der Waals surface area contributed by atoms with Crippen LogP contribution in [-0.4, -0.2) is 27.1 Å². The Morgan fingerprint density at radius 1 is 1.56 bits per heavy atom. The summed E-state index contributed by atoms with van der Waals surface area (Å²) < 4.78 is 0. The van der Waals surface area contributed by atoms with Gasteiger partial charge in [-0.1, -0.05) is 12.2 Å². The minimum absolute atomic E-state index is 0.176. The van der Waals surface area contributed by atoms with Gasteiger partial charge in [-0.3, -0.25) is 5.21 Å². The molecule has 0 spiro atoms. The van der Waals surface area contributed by atoms with Crippen molar-refractivity contribution in [3.8, 4) is 0 Å². The van der Waals surface area contributed by atoms with Crippen LogP contribution >= 0.6 is 12.2 Å². The Hall–Kier alpha value is -1.79. The molecule has 2 rings (SSSR count). The van der Waals surface area contributed by atoms with Crippen LogP contribution in [0.3, 0.4) is 0 Å². The number of rotatable bonds is 0. The summed E-state index contributed by atoms with van der Waals surface area (Å²) in [6.45, 7) is 0. The zero-order valence-corrected chi connectivity index (χ0v) is 9.16. The van der Waals surface area contributed by atoms with E-state index in [0.29, 0.717) is 22.6 Å². The summed E-state index contributed by atoms with van der Waals surface area (Å²) in [5.74, 6) is 0.265. The topological polar surface area (TPSA) is 85.7 Å². The average molecular weight is 234 g/mol. The third-order valence-corrected chi connectivity index (χ3v) is 2.54. The maximum atomic E-state index is 9.59. The molecule has 0 radical (unpaired) electrons. The number of allylic oxidation sites excluding steroid dienone is 4. The van der Waals surface area contributed by atoms with Crippen LogP contribution in [0.15, 0.2) is 40.4 Å². The number of hydrogen-bond acceptors (Lipinski definition) is 6. The molecule has 6 heteroatoms. The Labute approximate surface area is 97.7 Å². The highest BCUT2D eigenvalue weighted by Crippen LogP contribution is 2.22. The predicted octanol–water partition coefficient (Wildman–Crippen LogP) is 1.12. The van der Waals surface area contributed by atoms with Crippen LogP contribution in [0.4, 0.5) is 0 Å². The van der Waals surface area contributed by atoms with Crippen molar-refractivity contribution in [3.05, 3.63) is 35.4 Å². The fourth-order valence-corrected chi connectivity index (χ4v) is 1.89. The van der Waals surface area contributed by atoms with Gasteiger partial charge in [-0.05, 0) is 12.2 Å². The molecule has 1 heterocycles. The molecule has 4 N–H and O–H groups in total. The molecule has 0 aromatic heterocycles. The zero-order chi connectivity index (χ0) is 11.7. The molecule has 0 saturated carbocycles. The van der Waals surface area contributed by atoms with E-state index in [4.69, 9.17) is 23.4 Å². The van der Waals surface area contributed by atoms with Crippen LogP contribution in [0, 0.1) is 5.41 Å². The van der Waals surface area contributed by atoms with Crippen molar-refractivity contribution in [2.45, 2.75) is 6.42 Å². The fourth-order valence-electron chi connectivity index (χ4n) is 1.52. The SMILES string of the molecule is N=C1C=C(N)CC(=S)C1=C1N=CC=CN1O. The van der Waals surface area contributed by atoms with Crippen molar-refractivity contribution < 1.29 is 5.21 Å². The van der Waals surface area contributed by atoms with E-state index in [1.165, 1.54) is 18.5 Å². The maximum Gasteiger partial charge on any atom is 0.167 e. The summed E-state index contributed by atoms with van der Waals surface area (Å²) in [7, 11) is 0. The van der Waals surface area contributed by atoms with Crippen LogP contribution in [0.2, 0.25) is 0 Å². The van der Waals surface area contributed by atoms with E-state index in [9.17, 15) is 5.21 Å². The highest BCUT2D eigenvalue weighted by molar-refractivity contribution is 7.81. The first kappa shape index (κ1) is 10.7. The van der Waals surface area contributed by atoms with E-state index in [2.05, 4.69) is 4.99 Å². The third kappa shape index (κ3) is 1.80. The van der Waals surface area contributed by atoms with Crippen LogP contribution in [0.1, 0.15) is 6.42 Å². The molecule has 0 aromatic carbocycles. The van der Waals surface area contributed by atoms with Crippen LogP contribution in [0.5, 0.6) is 0 Å². The molecule has 1 aliphatic carbocycles. The number of thiocarbonyl (C=S) groups is 1. The molecule has 0 bridgehead atoms. The quantitative estimate of drug-likeness (QED) is 0.433. The first-order valence-corrected chi connectivity index (χ1v) is 5.02. The molecular weight excluding hydrogens is 224 g/mol. The molecule has 0 saturated heterocycles. The average Bonchev–Trinajstić information content (AvgIpc) is 2.19. The number of aliphatic imine (C=N–C) groups is 1. The van der Waals surface area contributed by atoms with Gasteiger partial charge in [0.2, 0.25) is 0 Å². The van der Waals surface area contributed by atoms with Gasteiger partial charge in [0.1, 0.15) is 0 Å². The van der Waals surface area contributed by atoms with Crippen molar-refractivity contribution in [2.24, 2.45) is 10.7 Å². The molecule has 2 aliphatic rings. The van der Waals surface area contributed by atoms with Crippen LogP contribution in [-0.2, 0) is 0 Å². The Morgan fingerprint density at radius 3 is 2.94 bits per heavy atom. The second-order valence-electron chi connectivity index (χ2n) is 3.40. The molecule has 0 atom stereocenters. The molecule has 1 aliphatic heterocycles. The van der Waals surface area contributed by atoms with E-state index >= 15 is 0 Å². The van der Waals surface area contributed by atoms with E-state index in [1.54, 1.807) is 6.08 Å². The van der Waals surface area contributed by atoms with Crippen molar-refractivity contribution in [3.63, 3.8) is 0 Å². The highest BCUT2D eigenvalue weighted by atomic mass is 32.1. The van der Waals surface area contributed by atoms with Crippen molar-refractivity contribution in [1.29, 1.82) is 5.41 Å². The molecule has 0 aromatic rings. The smallest absolute Gasteiger partial charge is 0.167 e. The van der Waals surface area contributed by atoms with Crippen molar-refractivity contribution in [1.82, 2.24) is 5.06 Å². The second kappa shape index (κ2) is 3.99. The molecular formula is C10H10N4OS. The number of hydrogen-bond donors (Lipinski definition) is 3. The lowest BCUT2D eigenvalue weighted by Gasteiger charge is -2.22. The van der Waals surface area contributed by atoms with Gasteiger partial charge in [0, 0.05) is 29.4 Å². The van der Waals surface area contributed by atoms with E-state index < -0.39 is 0 Å². The normalized spacial score (nSPS) is 25.1.